The average Bonchev–Trinajstić information content (AvgIpc) is 3.49. The third-order valence-corrected chi connectivity index (χ3v) is 7.20. The summed E-state index contributed by atoms with van der Waals surface area (Å²) in [5, 5.41) is 14.1. The Hall–Kier alpha value is -2.60. The largest absolute Gasteiger partial charge is 0.481 e. The molecule has 1 aliphatic rings. The van der Waals surface area contributed by atoms with Crippen LogP contribution in [0, 0.1) is 12.8 Å². The summed E-state index contributed by atoms with van der Waals surface area (Å²) in [6.45, 7) is 9.63. The molecule has 1 unspecified atom stereocenters. The molecule has 0 aliphatic heterocycles. The van der Waals surface area contributed by atoms with Gasteiger partial charge >= 0.3 is 5.97 Å². The van der Waals surface area contributed by atoms with Crippen molar-refractivity contribution in [3.8, 4) is 0 Å². The van der Waals surface area contributed by atoms with E-state index in [1.165, 1.54) is 23.2 Å². The molecule has 1 aromatic heterocycles. The summed E-state index contributed by atoms with van der Waals surface area (Å²) in [5.41, 5.74) is 5.35. The summed E-state index contributed by atoms with van der Waals surface area (Å²) in [4.78, 5) is 18.5. The number of carboxylic acid groups (broad SMARTS) is 1. The molecule has 170 valence electrons. The fraction of sp³-hybridized carbons (Fsp3) is 0.462. The van der Waals surface area contributed by atoms with Crippen LogP contribution in [0.5, 0.6) is 0 Å². The van der Waals surface area contributed by atoms with Gasteiger partial charge in [-0.3, -0.25) is 4.79 Å². The minimum Gasteiger partial charge on any atom is -0.481 e. The normalized spacial score (nSPS) is 14.7. The highest BCUT2D eigenvalue weighted by molar-refractivity contribution is 7.18. The van der Waals surface area contributed by atoms with Crippen molar-refractivity contribution in [2.75, 3.05) is 16.8 Å². The molecule has 1 heterocycles. The Morgan fingerprint density at radius 1 is 1.25 bits per heavy atom. The molecule has 0 spiro atoms. The first-order valence-electron chi connectivity index (χ1n) is 11.6. The molecule has 1 aliphatic carbocycles. The first-order valence-corrected chi connectivity index (χ1v) is 12.4. The Bertz CT molecular complexity index is 1100. The van der Waals surface area contributed by atoms with Crippen LogP contribution in [0.25, 0.3) is 10.2 Å². The summed E-state index contributed by atoms with van der Waals surface area (Å²) in [6.07, 6.45) is 3.56. The molecule has 32 heavy (non-hydrogen) atoms. The van der Waals surface area contributed by atoms with Crippen molar-refractivity contribution in [1.82, 2.24) is 4.98 Å². The van der Waals surface area contributed by atoms with Crippen LogP contribution < -0.4 is 10.2 Å². The van der Waals surface area contributed by atoms with Crippen molar-refractivity contribution in [2.45, 2.75) is 65.3 Å². The van der Waals surface area contributed by atoms with Crippen LogP contribution in [0.1, 0.15) is 62.9 Å². The number of nitrogens with one attached hydrogen (secondary N) is 1. The van der Waals surface area contributed by atoms with Gasteiger partial charge in [0.25, 0.3) is 0 Å². The minimum atomic E-state index is -0.751. The number of carboxylic acids is 1. The molecule has 1 saturated carbocycles. The van der Waals surface area contributed by atoms with Crippen LogP contribution in [-0.2, 0) is 4.79 Å². The Labute approximate surface area is 194 Å². The van der Waals surface area contributed by atoms with E-state index < -0.39 is 5.97 Å². The van der Waals surface area contributed by atoms with Gasteiger partial charge in [-0.05, 0) is 87.8 Å². The molecule has 3 aromatic rings. The Morgan fingerprint density at radius 3 is 2.69 bits per heavy atom. The highest BCUT2D eigenvalue weighted by Crippen LogP contribution is 2.39. The molecule has 1 fully saturated rings. The second kappa shape index (κ2) is 9.49. The number of hydrogen-bond acceptors (Lipinski definition) is 5. The number of benzene rings is 2. The van der Waals surface area contributed by atoms with Crippen molar-refractivity contribution >= 4 is 44.6 Å². The molecule has 0 bridgehead atoms. The predicted molar refractivity (Wildman–Crippen MR) is 135 cm³/mol. The van der Waals surface area contributed by atoms with Crippen molar-refractivity contribution in [3.05, 3.63) is 47.0 Å². The van der Waals surface area contributed by atoms with E-state index in [0.29, 0.717) is 6.04 Å². The van der Waals surface area contributed by atoms with Crippen molar-refractivity contribution in [3.63, 3.8) is 0 Å². The van der Waals surface area contributed by atoms with E-state index >= 15 is 0 Å². The van der Waals surface area contributed by atoms with Gasteiger partial charge in [-0.25, -0.2) is 4.98 Å². The molecule has 0 saturated heterocycles. The maximum atomic E-state index is 11.4. The van der Waals surface area contributed by atoms with E-state index in [0.717, 1.165) is 46.3 Å². The van der Waals surface area contributed by atoms with Crippen LogP contribution in [-0.4, -0.2) is 28.6 Å². The van der Waals surface area contributed by atoms with Gasteiger partial charge in [-0.2, -0.15) is 0 Å². The van der Waals surface area contributed by atoms with Crippen molar-refractivity contribution in [2.24, 2.45) is 5.92 Å². The Morgan fingerprint density at radius 2 is 2.03 bits per heavy atom. The molecule has 4 rings (SSSR count). The molecule has 6 heteroatoms. The van der Waals surface area contributed by atoms with Gasteiger partial charge in [0, 0.05) is 18.3 Å². The summed E-state index contributed by atoms with van der Waals surface area (Å²) in [5.74, 6) is 0.0282. The van der Waals surface area contributed by atoms with Gasteiger partial charge < -0.3 is 15.3 Å². The van der Waals surface area contributed by atoms with Crippen LogP contribution in [0.4, 0.5) is 17.1 Å². The molecule has 2 aromatic carbocycles. The second-order valence-corrected chi connectivity index (χ2v) is 10.4. The van der Waals surface area contributed by atoms with Gasteiger partial charge in [0.05, 0.1) is 33.0 Å². The van der Waals surface area contributed by atoms with Crippen LogP contribution in [0.2, 0.25) is 0 Å². The van der Waals surface area contributed by atoms with Crippen LogP contribution >= 0.6 is 11.3 Å². The number of aromatic nitrogens is 1. The highest BCUT2D eigenvalue weighted by Gasteiger charge is 2.27. The molecular formula is C26H33N3O2S. The van der Waals surface area contributed by atoms with Gasteiger partial charge in [-0.1, -0.05) is 13.0 Å². The van der Waals surface area contributed by atoms with Gasteiger partial charge in [0.15, 0.2) is 0 Å². The lowest BCUT2D eigenvalue weighted by atomic mass is 9.92. The van der Waals surface area contributed by atoms with Crippen LogP contribution in [0.3, 0.4) is 0 Å². The Kier molecular flexibility index (Phi) is 6.70. The fourth-order valence-corrected chi connectivity index (χ4v) is 5.17. The second-order valence-electron chi connectivity index (χ2n) is 9.21. The topological polar surface area (TPSA) is 65.5 Å². The summed E-state index contributed by atoms with van der Waals surface area (Å²) in [6, 6.07) is 13.1. The third-order valence-electron chi connectivity index (χ3n) is 6.26. The van der Waals surface area contributed by atoms with Crippen molar-refractivity contribution in [1.29, 1.82) is 0 Å². The molecule has 5 nitrogen and oxygen atoms in total. The lowest BCUT2D eigenvalue weighted by Crippen LogP contribution is -2.33. The zero-order valence-electron chi connectivity index (χ0n) is 19.4. The van der Waals surface area contributed by atoms with E-state index in [1.807, 2.05) is 6.92 Å². The maximum Gasteiger partial charge on any atom is 0.303 e. The van der Waals surface area contributed by atoms with E-state index in [2.05, 4.69) is 72.4 Å². The highest BCUT2D eigenvalue weighted by atomic mass is 32.1. The first kappa shape index (κ1) is 22.6. The zero-order chi connectivity index (χ0) is 22.8. The number of hydrogen-bond donors (Lipinski definition) is 2. The monoisotopic (exact) mass is 451 g/mol. The average molecular weight is 452 g/mol. The fourth-order valence-electron chi connectivity index (χ4n) is 4.31. The number of fused-ring (bicyclic) bond motifs is 1. The number of aryl methyl sites for hydroxylation is 1. The summed E-state index contributed by atoms with van der Waals surface area (Å²) < 4.78 is 1.17. The molecule has 1 atom stereocenters. The molecular weight excluding hydrogens is 418 g/mol. The predicted octanol–water partition coefficient (Wildman–Crippen LogP) is 6.94. The van der Waals surface area contributed by atoms with E-state index in [4.69, 9.17) is 0 Å². The smallest absolute Gasteiger partial charge is 0.303 e. The minimum absolute atomic E-state index is 0.00431. The summed E-state index contributed by atoms with van der Waals surface area (Å²) in [7, 11) is 0. The third kappa shape index (κ3) is 5.23. The van der Waals surface area contributed by atoms with Gasteiger partial charge in [0.1, 0.15) is 0 Å². The van der Waals surface area contributed by atoms with Crippen LogP contribution in [0.15, 0.2) is 36.4 Å². The summed E-state index contributed by atoms with van der Waals surface area (Å²) >= 11 is 1.70. The lowest BCUT2D eigenvalue weighted by molar-refractivity contribution is -0.137. The number of anilines is 3. The van der Waals surface area contributed by atoms with Crippen molar-refractivity contribution < 1.29 is 9.90 Å². The lowest BCUT2D eigenvalue weighted by Gasteiger charge is -2.32. The maximum absolute atomic E-state index is 11.4. The van der Waals surface area contributed by atoms with E-state index in [-0.39, 0.29) is 12.3 Å². The van der Waals surface area contributed by atoms with Gasteiger partial charge in [0.2, 0.25) is 0 Å². The van der Waals surface area contributed by atoms with E-state index in [9.17, 15) is 9.90 Å². The number of nitrogens with zero attached hydrogens (tertiary/aromatic N) is 2. The molecule has 2 N–H and O–H groups in total. The first-order chi connectivity index (χ1) is 15.3. The number of thiazole rings is 1. The number of aliphatic carboxylic acids is 1. The van der Waals surface area contributed by atoms with Gasteiger partial charge in [-0.15, -0.1) is 11.3 Å². The quantitative estimate of drug-likeness (QED) is 0.349. The standard InChI is InChI=1S/C26H33N3O2S/c1-5-19(13-26(30)31)20-8-11-24(29(16(2)3)15-18-6-7-18)23(12-20)28-21-9-10-22-25(14-21)32-17(4)27-22/h8-12,14,16,18-19,28H,5-7,13,15H2,1-4H3,(H,30,31). The molecule has 0 radical (unpaired) electrons. The SMILES string of the molecule is CCC(CC(=O)O)c1ccc(N(CC2CC2)C(C)C)c(Nc2ccc3nc(C)sc3c2)c1. The zero-order valence-corrected chi connectivity index (χ0v) is 20.2. The molecule has 0 amide bonds. The number of rotatable bonds is 10. The number of carbonyl (C=O) groups is 1. The van der Waals surface area contributed by atoms with E-state index in [1.54, 1.807) is 11.3 Å². The Balaban J connectivity index is 1.73.